The zero-order chi connectivity index (χ0) is 21.1. The summed E-state index contributed by atoms with van der Waals surface area (Å²) in [5.41, 5.74) is 4.28. The maximum Gasteiger partial charge on any atom is 0.162 e. The molecule has 0 spiro atoms. The Balaban J connectivity index is 1.72. The van der Waals surface area contributed by atoms with Gasteiger partial charge in [0.25, 0.3) is 0 Å². The molecule has 0 aliphatic rings. The molecule has 0 aliphatic carbocycles. The Labute approximate surface area is 178 Å². The van der Waals surface area contributed by atoms with Crippen molar-refractivity contribution in [3.63, 3.8) is 0 Å². The van der Waals surface area contributed by atoms with Gasteiger partial charge in [0, 0.05) is 16.6 Å². The van der Waals surface area contributed by atoms with Crippen molar-refractivity contribution in [1.29, 1.82) is 0 Å². The second kappa shape index (κ2) is 8.15. The number of aromatic nitrogens is 2. The van der Waals surface area contributed by atoms with Crippen LogP contribution in [0.15, 0.2) is 72.8 Å². The molecule has 0 amide bonds. The van der Waals surface area contributed by atoms with Crippen LogP contribution in [0.1, 0.15) is 33.3 Å². The van der Waals surface area contributed by atoms with Gasteiger partial charge >= 0.3 is 0 Å². The minimum atomic E-state index is 0.114. The molecule has 4 aromatic rings. The first-order valence-electron chi connectivity index (χ1n) is 10.3. The summed E-state index contributed by atoms with van der Waals surface area (Å²) >= 11 is 0. The fraction of sp³-hybridized carbons (Fsp3) is 0.231. The molecular formula is C26H27N3O. The predicted molar refractivity (Wildman–Crippen MR) is 125 cm³/mol. The van der Waals surface area contributed by atoms with Gasteiger partial charge in [0.05, 0.1) is 12.1 Å². The normalized spacial score (nSPS) is 11.5. The average molecular weight is 398 g/mol. The van der Waals surface area contributed by atoms with E-state index in [1.54, 1.807) is 0 Å². The van der Waals surface area contributed by atoms with E-state index in [9.17, 15) is 0 Å². The van der Waals surface area contributed by atoms with E-state index < -0.39 is 0 Å². The van der Waals surface area contributed by atoms with Crippen molar-refractivity contribution in [1.82, 2.24) is 9.97 Å². The van der Waals surface area contributed by atoms with Gasteiger partial charge in [-0.1, -0.05) is 57.2 Å². The number of ether oxygens (including phenoxy) is 1. The number of para-hydroxylation sites is 1. The van der Waals surface area contributed by atoms with Crippen molar-refractivity contribution in [2.24, 2.45) is 0 Å². The Morgan fingerprint density at radius 1 is 0.833 bits per heavy atom. The van der Waals surface area contributed by atoms with Crippen molar-refractivity contribution < 1.29 is 4.74 Å². The minimum Gasteiger partial charge on any atom is -0.494 e. The lowest BCUT2D eigenvalue weighted by molar-refractivity contribution is 0.340. The average Bonchev–Trinajstić information content (AvgIpc) is 2.75. The SMILES string of the molecule is CCOc1ccc(Nc2nc(-c3ccc(C(C)(C)C)cc3)nc3ccccc23)cc1. The monoisotopic (exact) mass is 397 g/mol. The predicted octanol–water partition coefficient (Wildman–Crippen LogP) is 6.74. The highest BCUT2D eigenvalue weighted by atomic mass is 16.5. The van der Waals surface area contributed by atoms with Gasteiger partial charge in [0.15, 0.2) is 5.82 Å². The Hall–Kier alpha value is -3.40. The third-order valence-electron chi connectivity index (χ3n) is 5.04. The Morgan fingerprint density at radius 3 is 2.20 bits per heavy atom. The fourth-order valence-electron chi connectivity index (χ4n) is 3.36. The van der Waals surface area contributed by atoms with Gasteiger partial charge in [-0.05, 0) is 54.3 Å². The maximum absolute atomic E-state index is 5.54. The molecule has 1 N–H and O–H groups in total. The van der Waals surface area contributed by atoms with Crippen LogP contribution in [0, 0.1) is 0 Å². The summed E-state index contributed by atoms with van der Waals surface area (Å²) in [7, 11) is 0. The smallest absolute Gasteiger partial charge is 0.162 e. The lowest BCUT2D eigenvalue weighted by atomic mass is 9.87. The summed E-state index contributed by atoms with van der Waals surface area (Å²) < 4.78 is 5.54. The number of benzene rings is 3. The third kappa shape index (κ3) is 4.28. The number of fused-ring (bicyclic) bond motifs is 1. The molecule has 4 nitrogen and oxygen atoms in total. The Kier molecular flexibility index (Phi) is 5.40. The summed E-state index contributed by atoms with van der Waals surface area (Å²) in [5.74, 6) is 2.36. The van der Waals surface area contributed by atoms with Crippen molar-refractivity contribution in [2.75, 3.05) is 11.9 Å². The number of nitrogens with one attached hydrogen (secondary N) is 1. The largest absolute Gasteiger partial charge is 0.494 e. The van der Waals surface area contributed by atoms with Crippen molar-refractivity contribution in [3.05, 3.63) is 78.4 Å². The molecule has 1 aromatic heterocycles. The summed E-state index contributed by atoms with van der Waals surface area (Å²) in [6.07, 6.45) is 0. The topological polar surface area (TPSA) is 47.0 Å². The Bertz CT molecular complexity index is 1140. The highest BCUT2D eigenvalue weighted by Gasteiger charge is 2.14. The first kappa shape index (κ1) is 19.9. The van der Waals surface area contributed by atoms with E-state index in [4.69, 9.17) is 14.7 Å². The number of nitrogens with zero attached hydrogens (tertiary/aromatic N) is 2. The zero-order valence-electron chi connectivity index (χ0n) is 17.9. The number of hydrogen-bond acceptors (Lipinski definition) is 4. The van der Waals surface area contributed by atoms with E-state index in [1.165, 1.54) is 5.56 Å². The van der Waals surface area contributed by atoms with E-state index in [-0.39, 0.29) is 5.41 Å². The van der Waals surface area contributed by atoms with Crippen molar-refractivity contribution >= 4 is 22.4 Å². The van der Waals surface area contributed by atoms with Gasteiger partial charge < -0.3 is 10.1 Å². The summed E-state index contributed by atoms with van der Waals surface area (Å²) in [6, 6.07) is 24.5. The quantitative estimate of drug-likeness (QED) is 0.405. The van der Waals surface area contributed by atoms with Crippen LogP contribution >= 0.6 is 0 Å². The highest BCUT2D eigenvalue weighted by molar-refractivity contribution is 5.92. The van der Waals surface area contributed by atoms with Crippen molar-refractivity contribution in [3.8, 4) is 17.1 Å². The summed E-state index contributed by atoms with van der Waals surface area (Å²) in [6.45, 7) is 9.28. The molecule has 30 heavy (non-hydrogen) atoms. The number of hydrogen-bond donors (Lipinski definition) is 1. The van der Waals surface area contributed by atoms with Gasteiger partial charge in [-0.15, -0.1) is 0 Å². The second-order valence-electron chi connectivity index (χ2n) is 8.32. The van der Waals surface area contributed by atoms with Crippen LogP contribution in [-0.4, -0.2) is 16.6 Å². The minimum absolute atomic E-state index is 0.114. The molecule has 4 heteroatoms. The molecule has 0 bridgehead atoms. The Morgan fingerprint density at radius 2 is 1.53 bits per heavy atom. The van der Waals surface area contributed by atoms with Gasteiger partial charge in [0.2, 0.25) is 0 Å². The molecule has 0 unspecified atom stereocenters. The number of rotatable bonds is 5. The molecule has 4 rings (SSSR count). The molecule has 0 saturated carbocycles. The van der Waals surface area contributed by atoms with Crippen molar-refractivity contribution in [2.45, 2.75) is 33.1 Å². The second-order valence-corrected chi connectivity index (χ2v) is 8.32. The summed E-state index contributed by atoms with van der Waals surface area (Å²) in [4.78, 5) is 9.67. The third-order valence-corrected chi connectivity index (χ3v) is 5.04. The van der Waals surface area contributed by atoms with E-state index >= 15 is 0 Å². The van der Waals surface area contributed by atoms with E-state index in [0.29, 0.717) is 12.4 Å². The first-order chi connectivity index (χ1) is 14.4. The van der Waals surface area contributed by atoms with Crippen LogP contribution in [0.4, 0.5) is 11.5 Å². The molecule has 0 radical (unpaired) electrons. The molecule has 3 aromatic carbocycles. The van der Waals surface area contributed by atoms with Crippen LogP contribution in [0.2, 0.25) is 0 Å². The van der Waals surface area contributed by atoms with Crippen LogP contribution < -0.4 is 10.1 Å². The lowest BCUT2D eigenvalue weighted by Crippen LogP contribution is -2.10. The molecule has 0 fully saturated rings. The van der Waals surface area contributed by atoms with Crippen LogP contribution in [-0.2, 0) is 5.41 Å². The standard InChI is InChI=1S/C26H27N3O/c1-5-30-21-16-14-20(15-17-21)27-25-22-8-6-7-9-23(22)28-24(29-25)18-10-12-19(13-11-18)26(2,3)4/h6-17H,5H2,1-4H3,(H,27,28,29). The van der Waals surface area contributed by atoms with Gasteiger partial charge in [-0.25, -0.2) is 9.97 Å². The zero-order valence-corrected chi connectivity index (χ0v) is 17.9. The molecular weight excluding hydrogens is 370 g/mol. The van der Waals surface area contributed by atoms with E-state index in [0.717, 1.165) is 33.7 Å². The molecule has 0 saturated heterocycles. The highest BCUT2D eigenvalue weighted by Crippen LogP contribution is 2.29. The first-order valence-corrected chi connectivity index (χ1v) is 10.3. The van der Waals surface area contributed by atoms with Gasteiger partial charge in [-0.2, -0.15) is 0 Å². The fourth-order valence-corrected chi connectivity index (χ4v) is 3.36. The lowest BCUT2D eigenvalue weighted by Gasteiger charge is -2.19. The molecule has 152 valence electrons. The van der Waals surface area contributed by atoms with E-state index in [1.807, 2.05) is 55.5 Å². The van der Waals surface area contributed by atoms with Gasteiger partial charge in [-0.3, -0.25) is 0 Å². The molecule has 0 aliphatic heterocycles. The van der Waals surface area contributed by atoms with Gasteiger partial charge in [0.1, 0.15) is 11.6 Å². The van der Waals surface area contributed by atoms with Crippen LogP contribution in [0.3, 0.4) is 0 Å². The number of anilines is 2. The van der Waals surface area contributed by atoms with Crippen LogP contribution in [0.25, 0.3) is 22.3 Å². The summed E-state index contributed by atoms with van der Waals surface area (Å²) in [5, 5.41) is 4.44. The van der Waals surface area contributed by atoms with E-state index in [2.05, 4.69) is 50.4 Å². The molecule has 0 atom stereocenters. The molecule has 1 heterocycles. The maximum atomic E-state index is 5.54. The van der Waals surface area contributed by atoms with Crippen LogP contribution in [0.5, 0.6) is 5.75 Å².